The summed E-state index contributed by atoms with van der Waals surface area (Å²) in [6.07, 6.45) is 75.9. The first-order valence-corrected chi connectivity index (χ1v) is 51.8. The molecule has 3 heteroatoms. The maximum atomic E-state index is 3.97. The van der Waals surface area contributed by atoms with Crippen molar-refractivity contribution in [1.29, 1.82) is 0 Å². The smallest absolute Gasteiger partial charge is 0.156 e. The van der Waals surface area contributed by atoms with E-state index in [4.69, 9.17) is 0 Å². The minimum atomic E-state index is 0.340. The first-order chi connectivity index (χ1) is 52.2. The van der Waals surface area contributed by atoms with Crippen LogP contribution in [0.25, 0.3) is 0 Å². The Morgan fingerprint density at radius 2 is 0.468 bits per heavy atom. The van der Waals surface area contributed by atoms with E-state index in [1.807, 2.05) is 0 Å². The third-order valence-corrected chi connectivity index (χ3v) is 43.5. The lowest BCUT2D eigenvalue weighted by Crippen LogP contribution is -2.77. The van der Waals surface area contributed by atoms with Crippen LogP contribution in [0.4, 0.5) is 0 Å². The van der Waals surface area contributed by atoms with E-state index in [1.165, 1.54) is 25.7 Å². The summed E-state index contributed by atoms with van der Waals surface area (Å²) in [6.45, 7) is 42.1. The molecule has 2 nitrogen and oxygen atoms in total. The highest BCUT2D eigenvalue weighted by Crippen LogP contribution is 2.74. The maximum Gasteiger partial charge on any atom is 0.156 e. The fourth-order valence-electron chi connectivity index (χ4n) is 38.8. The highest BCUT2D eigenvalue weighted by molar-refractivity contribution is 6.65. The molecule has 30 atom stereocenters. The van der Waals surface area contributed by atoms with E-state index in [1.54, 1.807) is 283 Å². The predicted molar refractivity (Wildman–Crippen MR) is 464 cm³/mol. The van der Waals surface area contributed by atoms with Crippen LogP contribution in [-0.2, 0) is 0 Å². The summed E-state index contributed by atoms with van der Waals surface area (Å²) in [7, 11) is 0. The van der Waals surface area contributed by atoms with Crippen molar-refractivity contribution in [2.24, 2.45) is 199 Å². The van der Waals surface area contributed by atoms with Gasteiger partial charge in [0.1, 0.15) is 0 Å². The molecule has 0 aromatic rings. The van der Waals surface area contributed by atoms with Crippen LogP contribution in [0.1, 0.15) is 412 Å². The van der Waals surface area contributed by atoms with Crippen LogP contribution >= 0.6 is 0 Å². The number of hydrogen-bond acceptors (Lipinski definition) is 2. The highest BCUT2D eigenvalue weighted by atomic mass is 15.3. The van der Waals surface area contributed by atoms with Gasteiger partial charge in [0.2, 0.25) is 0 Å². The first kappa shape index (κ1) is 78.8. The monoisotopic (exact) mass is 1490 g/mol. The van der Waals surface area contributed by atoms with E-state index in [0.717, 1.165) is 232 Å². The van der Waals surface area contributed by atoms with Gasteiger partial charge < -0.3 is 0 Å². The van der Waals surface area contributed by atoms with E-state index in [-0.39, 0.29) is 0 Å². The largest absolute Gasteiger partial charge is 0.295 e. The van der Waals surface area contributed by atoms with Crippen LogP contribution in [0.15, 0.2) is 0 Å². The van der Waals surface area contributed by atoms with Crippen molar-refractivity contribution < 1.29 is 0 Å². The van der Waals surface area contributed by atoms with Gasteiger partial charge in [-0.05, 0) is 370 Å². The molecule has 0 aromatic carbocycles. The Morgan fingerprint density at radius 3 is 0.780 bits per heavy atom. The zero-order valence-corrected chi connectivity index (χ0v) is 74.9. The maximum absolute atomic E-state index is 3.97. The van der Waals surface area contributed by atoms with Gasteiger partial charge in [-0.3, -0.25) is 9.80 Å². The zero-order chi connectivity index (χ0) is 75.1. The average molecular weight is 1490 g/mol. The van der Waals surface area contributed by atoms with Gasteiger partial charge in [0.25, 0.3) is 0 Å². The predicted octanol–water partition coefficient (Wildman–Crippen LogP) is 29.5. The summed E-state index contributed by atoms with van der Waals surface area (Å²) in [5, 5.41) is 0. The van der Waals surface area contributed by atoms with Gasteiger partial charge in [-0.25, -0.2) is 0 Å². The molecule has 109 heavy (non-hydrogen) atoms. The standard InChI is InChI=1S/C106H179BN2/c1-102(2,3)76-50-70-42-44-72-52-78(104(7,8)9)60-87-85(56-74(54-76)95(70)97(72)87)68-46-48-91-89(58-68)107-90-59-69(86-57-75-55-77(103(4,5)6)51-71-43-45-73-53-79(105(10,11)12)61-88(86)98(73)96(71)75)47-49-92(90)109(101-83(66-34-24-18-25-35-66)40-29-41-84(101)67-36-26-19-27-37-67)94-63-80(106(13,14)15)62-93(99(94)107)108(91)100-81(64-30-20-16-21-31-64)38-28-39-82(100)65-32-22-17-23-33-65/h64-101H,16-63H2,1-15H3. The highest BCUT2D eigenvalue weighted by Gasteiger charge is 2.71. The molecule has 2 aliphatic heterocycles. The van der Waals surface area contributed by atoms with Gasteiger partial charge in [-0.15, -0.1) is 0 Å². The van der Waals surface area contributed by atoms with Crippen LogP contribution in [0.3, 0.4) is 0 Å². The summed E-state index contributed by atoms with van der Waals surface area (Å²) in [4.78, 5) is 7.94. The minimum Gasteiger partial charge on any atom is -0.295 e. The Morgan fingerprint density at radius 1 is 0.193 bits per heavy atom. The van der Waals surface area contributed by atoms with Crippen molar-refractivity contribution in [2.75, 3.05) is 0 Å². The van der Waals surface area contributed by atoms with Gasteiger partial charge in [-0.2, -0.15) is 0 Å². The Kier molecular flexibility index (Phi) is 22.1. The molecular formula is C106H179BN2. The van der Waals surface area contributed by atoms with Gasteiger partial charge >= 0.3 is 0 Å². The van der Waals surface area contributed by atoms with E-state index in [2.05, 4.69) is 114 Å². The molecule has 19 aliphatic rings. The first-order valence-electron chi connectivity index (χ1n) is 51.8. The van der Waals surface area contributed by atoms with Crippen molar-refractivity contribution in [1.82, 2.24) is 9.80 Å². The molecule has 0 amide bonds. The van der Waals surface area contributed by atoms with Crippen molar-refractivity contribution in [2.45, 2.75) is 466 Å². The number of rotatable bonds is 8. The van der Waals surface area contributed by atoms with Gasteiger partial charge in [-0.1, -0.05) is 258 Å². The van der Waals surface area contributed by atoms with Crippen molar-refractivity contribution in [3.8, 4) is 0 Å². The minimum absolute atomic E-state index is 0.340. The molecule has 2 saturated heterocycles. The van der Waals surface area contributed by atoms with Gasteiger partial charge in [0, 0.05) is 36.3 Å². The SMILES string of the molecule is CC(C)(C)C1CC2CCC3CC(C(C)(C)C)CC4C(C5CCC6C(C5)B5C7CC(C8CC9CC(C(C)(C)C)CC%10CCC%11CC(C(C)(C)C)CC8C%11C%109)CCC7N(C7C(C8CCCCC8)CCCC7C7CCCCC7)C7CC(C(C)(C)C)CC(C57)N6C5C(C6CCCCC6)CCCC5C5CCCCC5)CC(C1)C2C34. The van der Waals surface area contributed by atoms with Gasteiger partial charge in [0.15, 0.2) is 6.71 Å². The second-order valence-corrected chi connectivity index (χ2v) is 52.7. The lowest BCUT2D eigenvalue weighted by atomic mass is 9.17. The molecule has 0 bridgehead atoms. The molecule has 0 radical (unpaired) electrons. The Bertz CT molecular complexity index is 2780. The van der Waals surface area contributed by atoms with Crippen molar-refractivity contribution in [3.05, 3.63) is 0 Å². The lowest BCUT2D eigenvalue weighted by Gasteiger charge is -2.73. The molecule has 0 aromatic heterocycles. The molecule has 17 aliphatic carbocycles. The van der Waals surface area contributed by atoms with Crippen molar-refractivity contribution in [3.63, 3.8) is 0 Å². The van der Waals surface area contributed by atoms with Crippen LogP contribution in [0.2, 0.25) is 17.5 Å². The Hall–Kier alpha value is -0.0151. The van der Waals surface area contributed by atoms with E-state index >= 15 is 0 Å². The molecular weight excluding hydrogens is 1310 g/mol. The molecule has 19 rings (SSSR count). The molecule has 0 N–H and O–H groups in total. The number of nitrogens with zero attached hydrogens (tertiary/aromatic N) is 2. The van der Waals surface area contributed by atoms with Crippen LogP contribution < -0.4 is 0 Å². The normalized spacial score (nSPS) is 50.2. The summed E-state index contributed by atoms with van der Waals surface area (Å²) >= 11 is 0. The summed E-state index contributed by atoms with van der Waals surface area (Å²) in [5.74, 6) is 31.2. The second kappa shape index (κ2) is 30.6. The summed E-state index contributed by atoms with van der Waals surface area (Å²) < 4.78 is 0. The average Bonchev–Trinajstić information content (AvgIpc) is 0.688. The topological polar surface area (TPSA) is 6.48 Å². The molecule has 30 unspecified atom stereocenters. The molecule has 2 heterocycles. The van der Waals surface area contributed by atoms with E-state index < -0.39 is 0 Å². The second-order valence-electron chi connectivity index (χ2n) is 52.7. The Balaban J connectivity index is 0.796. The number of fused-ring (bicyclic) bond motifs is 4. The fourth-order valence-corrected chi connectivity index (χ4v) is 38.8. The summed E-state index contributed by atoms with van der Waals surface area (Å²) in [6, 6.07) is 4.99. The van der Waals surface area contributed by atoms with Crippen LogP contribution in [0.5, 0.6) is 0 Å². The fraction of sp³-hybridized carbons (Fsp3) is 1.00. The number of hydrogen-bond donors (Lipinski definition) is 0. The molecule has 19 fully saturated rings. The van der Waals surface area contributed by atoms with E-state index in [9.17, 15) is 0 Å². The van der Waals surface area contributed by atoms with Gasteiger partial charge in [0.05, 0.1) is 0 Å². The molecule has 17 saturated carbocycles. The quantitative estimate of drug-likeness (QED) is 0.224. The third kappa shape index (κ3) is 14.4. The zero-order valence-electron chi connectivity index (χ0n) is 74.9. The lowest BCUT2D eigenvalue weighted by molar-refractivity contribution is -0.159. The van der Waals surface area contributed by atoms with Crippen molar-refractivity contribution >= 4 is 6.71 Å². The molecule has 616 valence electrons. The van der Waals surface area contributed by atoms with Crippen LogP contribution in [-0.4, -0.2) is 52.8 Å². The molecule has 0 spiro atoms. The third-order valence-electron chi connectivity index (χ3n) is 43.5. The van der Waals surface area contributed by atoms with Crippen LogP contribution in [0, 0.1) is 199 Å². The Labute approximate surface area is 676 Å². The summed E-state index contributed by atoms with van der Waals surface area (Å²) in [5.41, 5.74) is 2.07. The van der Waals surface area contributed by atoms with E-state index in [0.29, 0.717) is 27.1 Å².